The van der Waals surface area contributed by atoms with Crippen molar-refractivity contribution < 1.29 is 17.9 Å². The third kappa shape index (κ3) is 3.24. The minimum Gasteiger partial charge on any atom is -0.381 e. The highest BCUT2D eigenvalue weighted by molar-refractivity contribution is 5.56. The summed E-state index contributed by atoms with van der Waals surface area (Å²) < 4.78 is 44.9. The fraction of sp³-hybridized carbons (Fsp3) is 0.571. The molecule has 0 amide bonds. The zero-order chi connectivity index (χ0) is 14.8. The van der Waals surface area contributed by atoms with Gasteiger partial charge in [0, 0.05) is 38.5 Å². The van der Waals surface area contributed by atoms with E-state index in [2.05, 4.69) is 0 Å². The van der Waals surface area contributed by atoms with Gasteiger partial charge in [-0.2, -0.15) is 13.2 Å². The van der Waals surface area contributed by atoms with E-state index in [1.54, 1.807) is 18.0 Å². The Kier molecular flexibility index (Phi) is 4.55. The predicted octanol–water partition coefficient (Wildman–Crippen LogP) is 2.78. The standard InChI is InChI=1S/C14H19F3N2O/c1-19(11-4-6-20-7-5-11)13-3-2-10(9-18)8-12(13)14(15,16)17/h2-3,8,11H,4-7,9,18H2,1H3. The molecule has 1 aliphatic heterocycles. The lowest BCUT2D eigenvalue weighted by Gasteiger charge is -2.34. The molecule has 6 heteroatoms. The van der Waals surface area contributed by atoms with Crippen LogP contribution in [-0.4, -0.2) is 26.3 Å². The highest BCUT2D eigenvalue weighted by Gasteiger charge is 2.35. The molecule has 2 rings (SSSR count). The van der Waals surface area contributed by atoms with Crippen LogP contribution in [0.4, 0.5) is 18.9 Å². The monoisotopic (exact) mass is 288 g/mol. The van der Waals surface area contributed by atoms with Gasteiger partial charge in [0.25, 0.3) is 0 Å². The molecule has 0 radical (unpaired) electrons. The molecule has 1 aliphatic rings. The Balaban J connectivity index is 2.34. The molecular formula is C14H19F3N2O. The number of nitrogens with zero attached hydrogens (tertiary/aromatic N) is 1. The molecular weight excluding hydrogens is 269 g/mol. The lowest BCUT2D eigenvalue weighted by atomic mass is 10.0. The summed E-state index contributed by atoms with van der Waals surface area (Å²) in [5.41, 5.74) is 5.51. The molecule has 0 unspecified atom stereocenters. The average Bonchev–Trinajstić information content (AvgIpc) is 2.46. The molecule has 2 N–H and O–H groups in total. The number of alkyl halides is 3. The maximum Gasteiger partial charge on any atom is 0.418 e. The molecule has 20 heavy (non-hydrogen) atoms. The molecule has 0 spiro atoms. The van der Waals surface area contributed by atoms with Gasteiger partial charge in [0.2, 0.25) is 0 Å². The van der Waals surface area contributed by atoms with Crippen LogP contribution in [0.15, 0.2) is 18.2 Å². The second-order valence-corrected chi connectivity index (χ2v) is 5.01. The van der Waals surface area contributed by atoms with Crippen molar-refractivity contribution in [3.05, 3.63) is 29.3 Å². The van der Waals surface area contributed by atoms with Gasteiger partial charge in [0.1, 0.15) is 0 Å². The topological polar surface area (TPSA) is 38.5 Å². The Hall–Kier alpha value is -1.27. The van der Waals surface area contributed by atoms with Crippen molar-refractivity contribution in [3.63, 3.8) is 0 Å². The zero-order valence-corrected chi connectivity index (χ0v) is 11.4. The molecule has 1 saturated heterocycles. The van der Waals surface area contributed by atoms with E-state index in [-0.39, 0.29) is 18.3 Å². The van der Waals surface area contributed by atoms with Crippen LogP contribution in [0.1, 0.15) is 24.0 Å². The minimum atomic E-state index is -4.38. The number of nitrogens with two attached hydrogens (primary N) is 1. The second kappa shape index (κ2) is 6.01. The van der Waals surface area contributed by atoms with Crippen LogP contribution < -0.4 is 10.6 Å². The van der Waals surface area contributed by atoms with E-state index < -0.39 is 11.7 Å². The lowest BCUT2D eigenvalue weighted by molar-refractivity contribution is -0.137. The van der Waals surface area contributed by atoms with E-state index in [1.807, 2.05) is 0 Å². The van der Waals surface area contributed by atoms with Gasteiger partial charge in [0.15, 0.2) is 0 Å². The summed E-state index contributed by atoms with van der Waals surface area (Å²) in [5, 5.41) is 0. The SMILES string of the molecule is CN(c1ccc(CN)cc1C(F)(F)F)C1CCOCC1. The maximum atomic E-state index is 13.2. The van der Waals surface area contributed by atoms with Crippen LogP contribution in [0.2, 0.25) is 0 Å². The number of benzene rings is 1. The van der Waals surface area contributed by atoms with Gasteiger partial charge in [-0.1, -0.05) is 6.07 Å². The Labute approximate surface area is 116 Å². The van der Waals surface area contributed by atoms with Crippen molar-refractivity contribution in [1.82, 2.24) is 0 Å². The fourth-order valence-corrected chi connectivity index (χ4v) is 2.51. The zero-order valence-electron chi connectivity index (χ0n) is 11.4. The normalized spacial score (nSPS) is 17.2. The summed E-state index contributed by atoms with van der Waals surface area (Å²) in [5.74, 6) is 0. The Morgan fingerprint density at radius 2 is 1.95 bits per heavy atom. The van der Waals surface area contributed by atoms with Crippen molar-refractivity contribution in [2.24, 2.45) is 5.73 Å². The molecule has 1 fully saturated rings. The first-order valence-electron chi connectivity index (χ1n) is 6.64. The van der Waals surface area contributed by atoms with Crippen molar-refractivity contribution in [3.8, 4) is 0 Å². The van der Waals surface area contributed by atoms with Crippen LogP contribution >= 0.6 is 0 Å². The minimum absolute atomic E-state index is 0.0774. The quantitative estimate of drug-likeness (QED) is 0.929. The second-order valence-electron chi connectivity index (χ2n) is 5.01. The van der Waals surface area contributed by atoms with Gasteiger partial charge >= 0.3 is 6.18 Å². The van der Waals surface area contributed by atoms with Crippen molar-refractivity contribution in [2.75, 3.05) is 25.2 Å². The number of rotatable bonds is 3. The van der Waals surface area contributed by atoms with Crippen LogP contribution in [0, 0.1) is 0 Å². The van der Waals surface area contributed by atoms with Gasteiger partial charge in [0.05, 0.1) is 5.56 Å². The molecule has 1 aromatic rings. The van der Waals surface area contributed by atoms with Gasteiger partial charge in [-0.15, -0.1) is 0 Å². The van der Waals surface area contributed by atoms with Gasteiger partial charge < -0.3 is 15.4 Å². The predicted molar refractivity (Wildman–Crippen MR) is 71.6 cm³/mol. The summed E-state index contributed by atoms with van der Waals surface area (Å²) in [6.07, 6.45) is -2.89. The number of ether oxygens (including phenoxy) is 1. The summed E-state index contributed by atoms with van der Waals surface area (Å²) >= 11 is 0. The van der Waals surface area contributed by atoms with Crippen LogP contribution in [0.5, 0.6) is 0 Å². The van der Waals surface area contributed by atoms with E-state index in [1.165, 1.54) is 6.07 Å². The van der Waals surface area contributed by atoms with Crippen molar-refractivity contribution in [1.29, 1.82) is 0 Å². The number of halogens is 3. The van der Waals surface area contributed by atoms with Gasteiger partial charge in [-0.25, -0.2) is 0 Å². The molecule has 3 nitrogen and oxygen atoms in total. The Bertz CT molecular complexity index is 456. The number of hydrogen-bond donors (Lipinski definition) is 1. The summed E-state index contributed by atoms with van der Waals surface area (Å²) in [6.45, 7) is 1.29. The van der Waals surface area contributed by atoms with Crippen LogP contribution in [0.3, 0.4) is 0 Å². The van der Waals surface area contributed by atoms with E-state index >= 15 is 0 Å². The number of anilines is 1. The lowest BCUT2D eigenvalue weighted by Crippen LogP contribution is -2.37. The largest absolute Gasteiger partial charge is 0.418 e. The van der Waals surface area contributed by atoms with Gasteiger partial charge in [-0.3, -0.25) is 0 Å². The summed E-state index contributed by atoms with van der Waals surface area (Å²) in [6, 6.07) is 4.39. The van der Waals surface area contributed by atoms with Crippen LogP contribution in [-0.2, 0) is 17.5 Å². The van der Waals surface area contributed by atoms with Gasteiger partial charge in [-0.05, 0) is 30.5 Å². The van der Waals surface area contributed by atoms with Crippen molar-refractivity contribution >= 4 is 5.69 Å². The smallest absolute Gasteiger partial charge is 0.381 e. The van der Waals surface area contributed by atoms with E-state index in [9.17, 15) is 13.2 Å². The third-order valence-corrected chi connectivity index (χ3v) is 3.72. The molecule has 0 aliphatic carbocycles. The molecule has 1 aromatic carbocycles. The van der Waals surface area contributed by atoms with E-state index in [4.69, 9.17) is 10.5 Å². The Morgan fingerprint density at radius 3 is 2.50 bits per heavy atom. The fourth-order valence-electron chi connectivity index (χ4n) is 2.51. The third-order valence-electron chi connectivity index (χ3n) is 3.72. The first-order valence-corrected chi connectivity index (χ1v) is 6.64. The molecule has 1 heterocycles. The van der Waals surface area contributed by atoms with E-state index in [0.717, 1.165) is 18.9 Å². The average molecular weight is 288 g/mol. The highest BCUT2D eigenvalue weighted by atomic mass is 19.4. The maximum absolute atomic E-state index is 13.2. The van der Waals surface area contributed by atoms with Crippen LogP contribution in [0.25, 0.3) is 0 Å². The van der Waals surface area contributed by atoms with E-state index in [0.29, 0.717) is 18.8 Å². The first kappa shape index (κ1) is 15.1. The van der Waals surface area contributed by atoms with Crippen molar-refractivity contribution in [2.45, 2.75) is 31.6 Å². The molecule has 0 atom stereocenters. The summed E-state index contributed by atoms with van der Waals surface area (Å²) in [7, 11) is 1.71. The first-order chi connectivity index (χ1) is 9.43. The molecule has 0 bridgehead atoms. The Morgan fingerprint density at radius 1 is 1.30 bits per heavy atom. The molecule has 112 valence electrons. The highest BCUT2D eigenvalue weighted by Crippen LogP contribution is 2.38. The molecule has 0 aromatic heterocycles. The summed E-state index contributed by atoms with van der Waals surface area (Å²) in [4.78, 5) is 1.71. The number of hydrogen-bond acceptors (Lipinski definition) is 3. The molecule has 0 saturated carbocycles.